The number of fused-ring (bicyclic) bond motifs is 1. The van der Waals surface area contributed by atoms with E-state index in [1.807, 2.05) is 32.0 Å². The lowest BCUT2D eigenvalue weighted by Gasteiger charge is -2.18. The molecule has 2 aromatic rings. The van der Waals surface area contributed by atoms with Gasteiger partial charge in [0.1, 0.15) is 6.10 Å². The van der Waals surface area contributed by atoms with E-state index in [1.165, 1.54) is 0 Å². The number of amides is 1. The van der Waals surface area contributed by atoms with Crippen molar-refractivity contribution in [2.45, 2.75) is 32.9 Å². The molecule has 2 atom stereocenters. The maximum absolute atomic E-state index is 11.9. The minimum Gasteiger partial charge on any atom is -0.369 e. The summed E-state index contributed by atoms with van der Waals surface area (Å²) in [6.07, 6.45) is -0.474. The van der Waals surface area contributed by atoms with Gasteiger partial charge in [0.05, 0.1) is 17.1 Å². The largest absolute Gasteiger partial charge is 0.369 e. The summed E-state index contributed by atoms with van der Waals surface area (Å²) in [6, 6.07) is 5.39. The summed E-state index contributed by atoms with van der Waals surface area (Å²) in [5.74, 6) is -0.151. The number of aromatic amines is 2. The number of imidazole rings is 1. The minimum atomic E-state index is -0.474. The van der Waals surface area contributed by atoms with Crippen LogP contribution in [0.2, 0.25) is 0 Å². The molecular formula is C14H19N3O3. The third kappa shape index (κ3) is 3.08. The first-order chi connectivity index (χ1) is 9.51. The molecule has 0 radical (unpaired) electrons. The molecule has 108 valence electrons. The zero-order chi connectivity index (χ0) is 14.7. The van der Waals surface area contributed by atoms with Crippen LogP contribution in [0.3, 0.4) is 0 Å². The summed E-state index contributed by atoms with van der Waals surface area (Å²) in [5.41, 5.74) is 2.16. The number of hydrogen-bond donors (Lipinski definition) is 3. The van der Waals surface area contributed by atoms with Crippen molar-refractivity contribution in [2.24, 2.45) is 0 Å². The number of ether oxygens (including phenoxy) is 1. The highest BCUT2D eigenvalue weighted by Gasteiger charge is 2.16. The third-order valence-electron chi connectivity index (χ3n) is 3.18. The quantitative estimate of drug-likeness (QED) is 0.773. The average molecular weight is 277 g/mol. The fourth-order valence-electron chi connectivity index (χ4n) is 2.06. The van der Waals surface area contributed by atoms with Gasteiger partial charge in [0.2, 0.25) is 5.91 Å². The van der Waals surface area contributed by atoms with Gasteiger partial charge in [-0.05, 0) is 38.5 Å². The Hall–Kier alpha value is -2.08. The molecular weight excluding hydrogens is 258 g/mol. The SMILES string of the molecule is CCO[C@H](C)C(=O)N[C@H](C)c1ccc2[nH]c(=O)[nH]c2c1. The summed E-state index contributed by atoms with van der Waals surface area (Å²) in [4.78, 5) is 28.5. The van der Waals surface area contributed by atoms with Crippen molar-refractivity contribution in [1.29, 1.82) is 0 Å². The summed E-state index contributed by atoms with van der Waals surface area (Å²) in [6.45, 7) is 5.96. The highest BCUT2D eigenvalue weighted by molar-refractivity contribution is 5.81. The molecule has 0 aliphatic carbocycles. The molecule has 0 spiro atoms. The monoisotopic (exact) mass is 277 g/mol. The first kappa shape index (κ1) is 14.3. The molecule has 0 fully saturated rings. The van der Waals surface area contributed by atoms with Gasteiger partial charge < -0.3 is 20.0 Å². The van der Waals surface area contributed by atoms with Crippen LogP contribution in [-0.4, -0.2) is 28.6 Å². The second-order valence-corrected chi connectivity index (χ2v) is 4.71. The van der Waals surface area contributed by atoms with Crippen LogP contribution in [0.1, 0.15) is 32.4 Å². The average Bonchev–Trinajstić information content (AvgIpc) is 2.77. The summed E-state index contributed by atoms with van der Waals surface area (Å²) in [5, 5.41) is 2.89. The molecule has 6 nitrogen and oxygen atoms in total. The highest BCUT2D eigenvalue weighted by atomic mass is 16.5. The topological polar surface area (TPSA) is 87.0 Å². The van der Waals surface area contributed by atoms with Crippen molar-refractivity contribution < 1.29 is 9.53 Å². The second kappa shape index (κ2) is 5.92. The fourth-order valence-corrected chi connectivity index (χ4v) is 2.06. The number of H-pyrrole nitrogens is 2. The third-order valence-corrected chi connectivity index (χ3v) is 3.18. The fraction of sp³-hybridized carbons (Fsp3) is 0.429. The molecule has 0 saturated heterocycles. The van der Waals surface area contributed by atoms with Gasteiger partial charge in [-0.3, -0.25) is 4.79 Å². The Bertz CT molecular complexity index is 659. The number of carbonyl (C=O) groups is 1. The van der Waals surface area contributed by atoms with Gasteiger partial charge in [-0.15, -0.1) is 0 Å². The van der Waals surface area contributed by atoms with Crippen molar-refractivity contribution >= 4 is 16.9 Å². The Labute approximate surface area is 116 Å². The van der Waals surface area contributed by atoms with E-state index in [0.29, 0.717) is 6.61 Å². The Kier molecular flexibility index (Phi) is 4.24. The maximum Gasteiger partial charge on any atom is 0.323 e. The van der Waals surface area contributed by atoms with Crippen LogP contribution in [0.15, 0.2) is 23.0 Å². The van der Waals surface area contributed by atoms with Crippen molar-refractivity contribution in [3.63, 3.8) is 0 Å². The molecule has 3 N–H and O–H groups in total. The van der Waals surface area contributed by atoms with Crippen molar-refractivity contribution in [1.82, 2.24) is 15.3 Å². The van der Waals surface area contributed by atoms with E-state index in [9.17, 15) is 9.59 Å². The summed E-state index contributed by atoms with van der Waals surface area (Å²) < 4.78 is 5.25. The number of nitrogens with one attached hydrogen (secondary N) is 3. The lowest BCUT2D eigenvalue weighted by Crippen LogP contribution is -2.36. The van der Waals surface area contributed by atoms with Crippen LogP contribution >= 0.6 is 0 Å². The van der Waals surface area contributed by atoms with Crippen LogP contribution in [0.5, 0.6) is 0 Å². The molecule has 1 aromatic heterocycles. The van der Waals surface area contributed by atoms with E-state index in [1.54, 1.807) is 6.92 Å². The van der Waals surface area contributed by atoms with Crippen LogP contribution < -0.4 is 11.0 Å². The minimum absolute atomic E-state index is 0.151. The van der Waals surface area contributed by atoms with Gasteiger partial charge in [-0.1, -0.05) is 6.07 Å². The van der Waals surface area contributed by atoms with Gasteiger partial charge in [0, 0.05) is 6.61 Å². The van der Waals surface area contributed by atoms with Crippen molar-refractivity contribution in [3.8, 4) is 0 Å². The number of carbonyl (C=O) groups excluding carboxylic acids is 1. The lowest BCUT2D eigenvalue weighted by atomic mass is 10.1. The predicted octanol–water partition coefficient (Wildman–Crippen LogP) is 1.46. The molecule has 0 aliphatic heterocycles. The molecule has 1 heterocycles. The van der Waals surface area contributed by atoms with Crippen molar-refractivity contribution in [3.05, 3.63) is 34.2 Å². The normalized spacial score (nSPS) is 14.2. The van der Waals surface area contributed by atoms with Crippen LogP contribution in [0.25, 0.3) is 11.0 Å². The molecule has 20 heavy (non-hydrogen) atoms. The van der Waals surface area contributed by atoms with E-state index in [4.69, 9.17) is 4.74 Å². The molecule has 6 heteroatoms. The zero-order valence-electron chi connectivity index (χ0n) is 11.8. The number of hydrogen-bond acceptors (Lipinski definition) is 3. The Morgan fingerprint density at radius 1 is 1.30 bits per heavy atom. The van der Waals surface area contributed by atoms with Gasteiger partial charge in [0.25, 0.3) is 0 Å². The Morgan fingerprint density at radius 2 is 2.00 bits per heavy atom. The first-order valence-electron chi connectivity index (χ1n) is 6.65. The van der Waals surface area contributed by atoms with Gasteiger partial charge in [-0.2, -0.15) is 0 Å². The predicted molar refractivity (Wildman–Crippen MR) is 76.6 cm³/mol. The Morgan fingerprint density at radius 3 is 2.70 bits per heavy atom. The lowest BCUT2D eigenvalue weighted by molar-refractivity contribution is -0.132. The highest BCUT2D eigenvalue weighted by Crippen LogP contribution is 2.17. The molecule has 0 saturated carbocycles. The van der Waals surface area contributed by atoms with Crippen LogP contribution in [0, 0.1) is 0 Å². The van der Waals surface area contributed by atoms with E-state index in [0.717, 1.165) is 16.6 Å². The van der Waals surface area contributed by atoms with E-state index >= 15 is 0 Å². The summed E-state index contributed by atoms with van der Waals surface area (Å²) >= 11 is 0. The van der Waals surface area contributed by atoms with Crippen molar-refractivity contribution in [2.75, 3.05) is 6.61 Å². The maximum atomic E-state index is 11.9. The molecule has 0 bridgehead atoms. The molecule has 0 unspecified atom stereocenters. The molecule has 2 rings (SSSR count). The molecule has 0 aliphatic rings. The van der Waals surface area contributed by atoms with E-state index in [2.05, 4.69) is 15.3 Å². The van der Waals surface area contributed by atoms with Gasteiger partial charge in [-0.25, -0.2) is 4.79 Å². The Balaban J connectivity index is 2.12. The van der Waals surface area contributed by atoms with Gasteiger partial charge in [0.15, 0.2) is 0 Å². The summed E-state index contributed by atoms with van der Waals surface area (Å²) in [7, 11) is 0. The smallest absolute Gasteiger partial charge is 0.323 e. The van der Waals surface area contributed by atoms with Crippen LogP contribution in [-0.2, 0) is 9.53 Å². The standard InChI is InChI=1S/C14H19N3O3/c1-4-20-9(3)13(18)15-8(2)10-5-6-11-12(7-10)17-14(19)16-11/h5-9H,4H2,1-3H3,(H,15,18)(H2,16,17,19)/t8-,9-/m1/s1. The molecule has 1 amide bonds. The zero-order valence-corrected chi connectivity index (χ0v) is 11.8. The second-order valence-electron chi connectivity index (χ2n) is 4.71. The van der Waals surface area contributed by atoms with Crippen LogP contribution in [0.4, 0.5) is 0 Å². The molecule has 1 aromatic carbocycles. The first-order valence-corrected chi connectivity index (χ1v) is 6.65. The van der Waals surface area contributed by atoms with E-state index in [-0.39, 0.29) is 17.6 Å². The number of benzene rings is 1. The van der Waals surface area contributed by atoms with Gasteiger partial charge >= 0.3 is 5.69 Å². The number of aromatic nitrogens is 2. The van der Waals surface area contributed by atoms with E-state index < -0.39 is 6.10 Å². The number of rotatable bonds is 5.